The molecule has 0 radical (unpaired) electrons. The molecular formula is C24H17Cl2N5O4S4. The average molecular weight is 639 g/mol. The number of thiazole rings is 2. The molecule has 2 heterocycles. The van der Waals surface area contributed by atoms with Gasteiger partial charge in [-0.1, -0.05) is 59.9 Å². The zero-order valence-electron chi connectivity index (χ0n) is 19.7. The molecule has 2 amide bonds. The summed E-state index contributed by atoms with van der Waals surface area (Å²) >= 11 is 17.1. The molecule has 39 heavy (non-hydrogen) atoms. The summed E-state index contributed by atoms with van der Waals surface area (Å²) < 4.78 is 2.87. The third-order valence-electron chi connectivity index (χ3n) is 4.82. The number of hydrogen-bond donors (Lipinski definition) is 2. The maximum absolute atomic E-state index is 12.5. The molecule has 0 aliphatic rings. The summed E-state index contributed by atoms with van der Waals surface area (Å²) in [6.45, 7) is 7.14. The molecule has 4 aromatic rings. The van der Waals surface area contributed by atoms with Crippen molar-refractivity contribution in [3.63, 3.8) is 0 Å². The molecule has 0 saturated carbocycles. The summed E-state index contributed by atoms with van der Waals surface area (Å²) in [7, 11) is 0. The highest BCUT2D eigenvalue weighted by Crippen LogP contribution is 2.33. The second kappa shape index (κ2) is 12.9. The molecule has 0 bridgehead atoms. The van der Waals surface area contributed by atoms with E-state index in [2.05, 4.69) is 33.8 Å². The maximum Gasteiger partial charge on any atom is 0.270 e. The molecule has 15 heteroatoms. The van der Waals surface area contributed by atoms with E-state index < -0.39 is 4.92 Å². The van der Waals surface area contributed by atoms with Gasteiger partial charge in [0, 0.05) is 17.8 Å². The molecule has 0 unspecified atom stereocenters. The number of nitrogens with one attached hydrogen (secondary N) is 2. The minimum atomic E-state index is -0.452. The first-order chi connectivity index (χ1) is 18.6. The number of amides is 2. The Bertz CT molecular complexity index is 1670. The smallest absolute Gasteiger partial charge is 0.270 e. The van der Waals surface area contributed by atoms with Gasteiger partial charge in [0.05, 0.1) is 52.6 Å². The summed E-state index contributed by atoms with van der Waals surface area (Å²) in [6, 6.07) is 9.85. The normalized spacial score (nSPS) is 11.7. The van der Waals surface area contributed by atoms with Crippen molar-refractivity contribution in [2.45, 2.75) is 8.68 Å². The van der Waals surface area contributed by atoms with Crippen LogP contribution in [0.2, 0.25) is 0 Å². The molecule has 2 N–H and O–H groups in total. The third-order valence-corrected chi connectivity index (χ3v) is 9.68. The molecule has 200 valence electrons. The van der Waals surface area contributed by atoms with E-state index in [1.807, 2.05) is 6.07 Å². The van der Waals surface area contributed by atoms with E-state index in [0.717, 1.165) is 10.2 Å². The van der Waals surface area contributed by atoms with E-state index in [1.54, 1.807) is 18.2 Å². The second-order valence-corrected chi connectivity index (χ2v) is 12.9. The number of anilines is 1. The van der Waals surface area contributed by atoms with Crippen molar-refractivity contribution < 1.29 is 14.5 Å². The summed E-state index contributed by atoms with van der Waals surface area (Å²) in [5, 5.41) is 16.7. The molecule has 0 aliphatic carbocycles. The van der Waals surface area contributed by atoms with Crippen LogP contribution in [-0.4, -0.2) is 38.2 Å². The Balaban J connectivity index is 1.33. The standard InChI is InChI=1S/C24H17Cl2N5O4S4/c1-3-15(26)22(12(2)25)30-21(33)11-37-23-28-16-6-4-13(8-18(16)38-23)27-20(32)10-36-24-29-17-7-5-14(31(34)35)9-19(17)39-24/h3-9H,1-2,10-11H2,(H,27,32)(H,30,33)/b22-15-. The Morgan fingerprint density at radius 1 is 1.00 bits per heavy atom. The fraction of sp³-hybridized carbons (Fsp3) is 0.0833. The van der Waals surface area contributed by atoms with Crippen LogP contribution in [0.1, 0.15) is 0 Å². The van der Waals surface area contributed by atoms with Gasteiger partial charge in [0.25, 0.3) is 5.69 Å². The predicted molar refractivity (Wildman–Crippen MR) is 162 cm³/mol. The highest BCUT2D eigenvalue weighted by molar-refractivity contribution is 8.02. The van der Waals surface area contributed by atoms with E-state index in [0.29, 0.717) is 24.6 Å². The number of non-ortho nitro benzene ring substituents is 1. The van der Waals surface area contributed by atoms with Gasteiger partial charge in [-0.05, 0) is 30.3 Å². The van der Waals surface area contributed by atoms with E-state index in [-0.39, 0.29) is 44.8 Å². The first-order valence-electron chi connectivity index (χ1n) is 10.8. The summed E-state index contributed by atoms with van der Waals surface area (Å²) in [5.74, 6) is -0.342. The lowest BCUT2D eigenvalue weighted by Crippen LogP contribution is -2.25. The number of rotatable bonds is 11. The molecule has 0 aliphatic heterocycles. The number of carbonyl (C=O) groups is 2. The third kappa shape index (κ3) is 7.59. The van der Waals surface area contributed by atoms with Crippen LogP contribution in [0.15, 0.2) is 80.1 Å². The fourth-order valence-electron chi connectivity index (χ4n) is 3.10. The van der Waals surface area contributed by atoms with Gasteiger partial charge in [-0.3, -0.25) is 19.7 Å². The lowest BCUT2D eigenvalue weighted by molar-refractivity contribution is -0.384. The van der Waals surface area contributed by atoms with Crippen LogP contribution in [0.5, 0.6) is 0 Å². The van der Waals surface area contributed by atoms with Gasteiger partial charge in [-0.2, -0.15) is 0 Å². The van der Waals surface area contributed by atoms with Crippen molar-refractivity contribution in [1.29, 1.82) is 0 Å². The Hall–Kier alpha value is -2.94. The first-order valence-corrected chi connectivity index (χ1v) is 15.2. The van der Waals surface area contributed by atoms with Gasteiger partial charge in [0.1, 0.15) is 0 Å². The number of carbonyl (C=O) groups excluding carboxylic acids is 2. The van der Waals surface area contributed by atoms with Gasteiger partial charge >= 0.3 is 0 Å². The summed E-state index contributed by atoms with van der Waals surface area (Å²) in [6.07, 6.45) is 1.36. The number of halogens is 2. The average Bonchev–Trinajstić information content (AvgIpc) is 3.51. The van der Waals surface area contributed by atoms with Crippen LogP contribution in [-0.2, 0) is 9.59 Å². The van der Waals surface area contributed by atoms with Crippen molar-refractivity contribution >= 4 is 113 Å². The van der Waals surface area contributed by atoms with E-state index >= 15 is 0 Å². The van der Waals surface area contributed by atoms with Crippen LogP contribution >= 0.6 is 69.4 Å². The SMILES string of the molecule is C=C/C(Cl)=C(/NC(=O)CSc1nc2ccc(NC(=O)CSc3nc4ccc([N+](=O)[O-])cc4s3)cc2s1)C(=C)Cl. The molecule has 9 nitrogen and oxygen atoms in total. The van der Waals surface area contributed by atoms with Crippen LogP contribution in [0.4, 0.5) is 11.4 Å². The molecule has 4 rings (SSSR count). The number of hydrogen-bond acceptors (Lipinski definition) is 10. The topological polar surface area (TPSA) is 127 Å². The fourth-order valence-corrected chi connectivity index (χ4v) is 7.26. The summed E-state index contributed by atoms with van der Waals surface area (Å²) in [4.78, 5) is 44.3. The van der Waals surface area contributed by atoms with Crippen molar-refractivity contribution in [3.05, 3.63) is 81.5 Å². The second-order valence-electron chi connectivity index (χ2n) is 7.56. The Labute approximate surface area is 248 Å². The quantitative estimate of drug-likeness (QED) is 0.0768. The monoisotopic (exact) mass is 637 g/mol. The molecule has 0 saturated heterocycles. The summed E-state index contributed by atoms with van der Waals surface area (Å²) in [5.41, 5.74) is 2.20. The molecule has 2 aromatic carbocycles. The van der Waals surface area contributed by atoms with Crippen molar-refractivity contribution in [1.82, 2.24) is 15.3 Å². The van der Waals surface area contributed by atoms with Crippen LogP contribution in [0.25, 0.3) is 20.4 Å². The van der Waals surface area contributed by atoms with Crippen LogP contribution in [0.3, 0.4) is 0 Å². The van der Waals surface area contributed by atoms with Gasteiger partial charge < -0.3 is 10.6 Å². The largest absolute Gasteiger partial charge is 0.325 e. The van der Waals surface area contributed by atoms with Gasteiger partial charge in [-0.15, -0.1) is 22.7 Å². The number of nitro benzene ring substituents is 1. The van der Waals surface area contributed by atoms with Crippen molar-refractivity contribution in [2.75, 3.05) is 16.8 Å². The Morgan fingerprint density at radius 3 is 2.18 bits per heavy atom. The predicted octanol–water partition coefficient (Wildman–Crippen LogP) is 7.14. The molecule has 0 fully saturated rings. The van der Waals surface area contributed by atoms with Gasteiger partial charge in [0.15, 0.2) is 8.68 Å². The molecule has 0 atom stereocenters. The number of fused-ring (bicyclic) bond motifs is 2. The number of nitro groups is 1. The molecule has 2 aromatic heterocycles. The lowest BCUT2D eigenvalue weighted by Gasteiger charge is -2.08. The first kappa shape index (κ1) is 29.1. The zero-order chi connectivity index (χ0) is 28.1. The highest BCUT2D eigenvalue weighted by atomic mass is 35.5. The van der Waals surface area contributed by atoms with Gasteiger partial charge in [-0.25, -0.2) is 9.97 Å². The van der Waals surface area contributed by atoms with Crippen molar-refractivity contribution in [3.8, 4) is 0 Å². The van der Waals surface area contributed by atoms with E-state index in [4.69, 9.17) is 23.2 Å². The molecule has 0 spiro atoms. The minimum absolute atomic E-state index is 0.000978. The highest BCUT2D eigenvalue weighted by Gasteiger charge is 2.14. The lowest BCUT2D eigenvalue weighted by atomic mass is 10.3. The van der Waals surface area contributed by atoms with Crippen LogP contribution in [0, 0.1) is 10.1 Å². The van der Waals surface area contributed by atoms with Crippen molar-refractivity contribution in [2.24, 2.45) is 0 Å². The van der Waals surface area contributed by atoms with E-state index in [1.165, 1.54) is 64.4 Å². The van der Waals surface area contributed by atoms with E-state index in [9.17, 15) is 19.7 Å². The number of nitrogens with zero attached hydrogens (tertiary/aromatic N) is 3. The number of aromatic nitrogens is 2. The number of benzene rings is 2. The maximum atomic E-state index is 12.5. The van der Waals surface area contributed by atoms with Gasteiger partial charge in [0.2, 0.25) is 11.8 Å². The zero-order valence-corrected chi connectivity index (χ0v) is 24.5. The minimum Gasteiger partial charge on any atom is -0.325 e. The number of allylic oxidation sites excluding steroid dienone is 3. The Kier molecular flexibility index (Phi) is 9.64. The molecular weight excluding hydrogens is 621 g/mol. The Morgan fingerprint density at radius 2 is 1.59 bits per heavy atom. The van der Waals surface area contributed by atoms with Crippen LogP contribution < -0.4 is 10.6 Å². The number of thioether (sulfide) groups is 2.